The summed E-state index contributed by atoms with van der Waals surface area (Å²) in [5, 5.41) is 25.2. The van der Waals surface area contributed by atoms with Gasteiger partial charge in [-0.3, -0.25) is 4.79 Å². The van der Waals surface area contributed by atoms with E-state index < -0.39 is 40.8 Å². The maximum atomic E-state index is 14.3. The second kappa shape index (κ2) is 33.3. The molecule has 2 aliphatic rings. The molecule has 0 radical (unpaired) electrons. The molecule has 1 unspecified atom stereocenters. The number of nitrogens with one attached hydrogen (secondary N) is 2. The molecule has 5 rings (SSSR count). The first kappa shape index (κ1) is 61.0. The van der Waals surface area contributed by atoms with Crippen molar-refractivity contribution >= 4 is 29.7 Å². The van der Waals surface area contributed by atoms with Crippen LogP contribution >= 0.6 is 0 Å². The number of aliphatic hydroxyl groups is 2. The van der Waals surface area contributed by atoms with Crippen LogP contribution in [-0.4, -0.2) is 178 Å². The summed E-state index contributed by atoms with van der Waals surface area (Å²) in [6.45, 7) is 11.1. The Hall–Kier alpha value is -4.90. The van der Waals surface area contributed by atoms with Crippen LogP contribution in [0.3, 0.4) is 0 Å². The monoisotopic (exact) mass is 1050 g/mol. The van der Waals surface area contributed by atoms with E-state index >= 15 is 0 Å². The molecule has 3 aromatic rings. The molecule has 19 heteroatoms. The minimum Gasteiger partial charge on any atom is -0.444 e. The number of carbonyl (C=O) groups excluding carboxylic acids is 4. The molecular formula is C56H82N3O16+. The number of carbonyl (C=O) groups is 4. The number of nitrogens with zero attached hydrogens (tertiary/aromatic N) is 1. The molecule has 19 nitrogen and oxygen atoms in total. The summed E-state index contributed by atoms with van der Waals surface area (Å²) in [5.41, 5.74) is 5.22. The fourth-order valence-corrected chi connectivity index (χ4v) is 8.54. The zero-order valence-corrected chi connectivity index (χ0v) is 44.5. The topological polar surface area (TPSA) is 225 Å². The van der Waals surface area contributed by atoms with Crippen LogP contribution in [0.5, 0.6) is 0 Å². The molecule has 4 N–H and O–H groups in total. The molecular weight excluding hydrogens is 971 g/mol. The molecule has 4 atom stereocenters. The third-order valence-electron chi connectivity index (χ3n) is 12.5. The Morgan fingerprint density at radius 2 is 1.21 bits per heavy atom. The second-order valence-electron chi connectivity index (χ2n) is 19.5. The summed E-state index contributed by atoms with van der Waals surface area (Å²) in [6.07, 6.45) is 0.553. The van der Waals surface area contributed by atoms with Crippen LogP contribution in [0.4, 0.5) is 15.3 Å². The smallest absolute Gasteiger partial charge is 0.444 e. The van der Waals surface area contributed by atoms with E-state index in [0.717, 1.165) is 27.8 Å². The van der Waals surface area contributed by atoms with E-state index in [2.05, 4.69) is 34.9 Å². The first-order valence-corrected chi connectivity index (χ1v) is 26.4. The Labute approximate surface area is 442 Å². The fraction of sp³-hybridized carbons (Fsp3) is 0.607. The zero-order valence-electron chi connectivity index (χ0n) is 44.5. The van der Waals surface area contributed by atoms with Crippen molar-refractivity contribution in [3.05, 3.63) is 89.5 Å². The summed E-state index contributed by atoms with van der Waals surface area (Å²) in [7, 11) is 1.59. The molecule has 4 amide bonds. The average Bonchev–Trinajstić information content (AvgIpc) is 3.71. The maximum absolute atomic E-state index is 14.3. The number of unbranched alkanes of at least 4 members (excludes halogenated alkanes) is 2. The lowest BCUT2D eigenvalue weighted by atomic mass is 9.98. The molecule has 1 aliphatic heterocycles. The first-order valence-electron chi connectivity index (χ1n) is 26.4. The number of hydrogen-bond acceptors (Lipinski definition) is 16. The number of alkyl carbamates (subject to hydrolysis) is 1. The second-order valence-corrected chi connectivity index (χ2v) is 19.5. The van der Waals surface area contributed by atoms with E-state index in [1.807, 2.05) is 36.4 Å². The van der Waals surface area contributed by atoms with Crippen LogP contribution in [-0.2, 0) is 63.4 Å². The van der Waals surface area contributed by atoms with Gasteiger partial charge >= 0.3 is 18.1 Å². The van der Waals surface area contributed by atoms with Crippen molar-refractivity contribution in [1.29, 1.82) is 0 Å². The zero-order chi connectivity index (χ0) is 53.7. The molecule has 1 saturated heterocycles. The number of amides is 4. The van der Waals surface area contributed by atoms with Crippen LogP contribution in [0.25, 0.3) is 11.1 Å². The van der Waals surface area contributed by atoms with Gasteiger partial charge in [-0.05, 0) is 67.9 Å². The number of rotatable bonds is 35. The summed E-state index contributed by atoms with van der Waals surface area (Å²) >= 11 is 0. The highest BCUT2D eigenvalue weighted by Crippen LogP contribution is 2.44. The van der Waals surface area contributed by atoms with Gasteiger partial charge in [0.2, 0.25) is 5.91 Å². The summed E-state index contributed by atoms with van der Waals surface area (Å²) in [5.74, 6) is -0.609. The van der Waals surface area contributed by atoms with Gasteiger partial charge in [-0.15, -0.1) is 4.48 Å². The van der Waals surface area contributed by atoms with E-state index in [-0.39, 0.29) is 50.4 Å². The third kappa shape index (κ3) is 21.6. The quantitative estimate of drug-likeness (QED) is 0.0380. The molecule has 0 spiro atoms. The van der Waals surface area contributed by atoms with Gasteiger partial charge in [0, 0.05) is 50.4 Å². The lowest BCUT2D eigenvalue weighted by Gasteiger charge is -2.32. The SMILES string of the molecule is CC(C)(C)OC(=O)NCCOCCOCCOCCOCCOCCOCCC(=O)NCCCCCC(=O)[N+](C)(C(=O)OCC1c2ccccc2-c2ccccc21)c1ccc(CCO[C@H]2C[C@@H](O)C[C@@H](CO)O2)cc1. The molecule has 3 aromatic carbocycles. The van der Waals surface area contributed by atoms with Crippen molar-refractivity contribution in [3.8, 4) is 11.1 Å². The summed E-state index contributed by atoms with van der Waals surface area (Å²) in [4.78, 5) is 52.5. The van der Waals surface area contributed by atoms with Gasteiger partial charge in [-0.1, -0.05) is 67.1 Å². The normalized spacial score (nSPS) is 17.2. The predicted octanol–water partition coefficient (Wildman–Crippen LogP) is 6.21. The molecule has 0 saturated carbocycles. The lowest BCUT2D eigenvalue weighted by Crippen LogP contribution is -2.55. The third-order valence-corrected chi connectivity index (χ3v) is 12.5. The van der Waals surface area contributed by atoms with E-state index in [0.29, 0.717) is 137 Å². The van der Waals surface area contributed by atoms with Crippen LogP contribution in [0, 0.1) is 0 Å². The van der Waals surface area contributed by atoms with Crippen molar-refractivity contribution in [2.75, 3.05) is 119 Å². The van der Waals surface area contributed by atoms with Crippen molar-refractivity contribution < 1.29 is 76.8 Å². The highest BCUT2D eigenvalue weighted by molar-refractivity contribution is 6.05. The van der Waals surface area contributed by atoms with Gasteiger partial charge in [-0.2, -0.15) is 4.79 Å². The maximum Gasteiger partial charge on any atom is 0.528 e. The van der Waals surface area contributed by atoms with Gasteiger partial charge in [0.1, 0.15) is 12.2 Å². The number of imide groups is 1. The van der Waals surface area contributed by atoms with E-state index in [9.17, 15) is 29.4 Å². The van der Waals surface area contributed by atoms with E-state index in [1.165, 1.54) is 0 Å². The molecule has 1 heterocycles. The molecule has 416 valence electrons. The number of benzene rings is 3. The molecule has 0 aromatic heterocycles. The molecule has 1 fully saturated rings. The van der Waals surface area contributed by atoms with Gasteiger partial charge in [0.15, 0.2) is 12.0 Å². The minimum atomic E-state index is -0.674. The Morgan fingerprint density at radius 3 is 1.79 bits per heavy atom. The van der Waals surface area contributed by atoms with Gasteiger partial charge in [0.05, 0.1) is 118 Å². The van der Waals surface area contributed by atoms with Crippen LogP contribution in [0.2, 0.25) is 0 Å². The van der Waals surface area contributed by atoms with Crippen LogP contribution in [0.1, 0.15) is 88.3 Å². The van der Waals surface area contributed by atoms with E-state index in [1.54, 1.807) is 40.0 Å². The molecule has 75 heavy (non-hydrogen) atoms. The first-order chi connectivity index (χ1) is 36.3. The number of fused-ring (bicyclic) bond motifs is 3. The summed E-state index contributed by atoms with van der Waals surface area (Å²) < 4.78 is 55.2. The van der Waals surface area contributed by atoms with Gasteiger partial charge < -0.3 is 68.2 Å². The van der Waals surface area contributed by atoms with Crippen molar-refractivity contribution in [2.45, 2.75) is 102 Å². The minimum absolute atomic E-state index is 0.0732. The number of quaternary nitrogens is 1. The van der Waals surface area contributed by atoms with Crippen molar-refractivity contribution in [2.24, 2.45) is 0 Å². The Balaban J connectivity index is 0.917. The fourth-order valence-electron chi connectivity index (χ4n) is 8.54. The van der Waals surface area contributed by atoms with Crippen molar-refractivity contribution in [1.82, 2.24) is 15.1 Å². The Morgan fingerprint density at radius 1 is 0.653 bits per heavy atom. The van der Waals surface area contributed by atoms with Gasteiger partial charge in [-0.25, -0.2) is 9.59 Å². The largest absolute Gasteiger partial charge is 0.528 e. The van der Waals surface area contributed by atoms with Gasteiger partial charge in [0.25, 0.3) is 0 Å². The summed E-state index contributed by atoms with van der Waals surface area (Å²) in [6, 6.07) is 23.5. The highest BCUT2D eigenvalue weighted by Gasteiger charge is 2.45. The van der Waals surface area contributed by atoms with Crippen LogP contribution < -0.4 is 15.1 Å². The standard InChI is InChI=1S/C56H81N3O16/c1-56(2,3)75-54(64)58-24-27-67-29-31-69-33-35-71-37-36-70-34-32-68-30-28-66-25-22-51(62)57-23-11-5-6-16-52(63)59(4,43-19-17-42(18-20-43)21-26-72-53-39-44(61)38-45(40-60)74-53)55(65)73-41-50-48-14-9-7-12-46(48)47-13-8-10-15-49(47)50/h7-10,12-15,17-20,44-45,50,53,60-61H,5-6,11,16,21-41H2,1-4H3,(H-,57,58,62,64)/p+1/t44-,45-,53+,59?/m0/s1. The highest BCUT2D eigenvalue weighted by atomic mass is 16.7. The number of hydrogen-bond donors (Lipinski definition) is 4. The molecule has 0 bridgehead atoms. The average molecular weight is 1050 g/mol. The number of aliphatic hydroxyl groups excluding tert-OH is 2. The lowest BCUT2D eigenvalue weighted by molar-refractivity contribution is -0.221. The van der Waals surface area contributed by atoms with E-state index in [4.69, 9.17) is 47.4 Å². The number of ether oxygens (including phenoxy) is 10. The van der Waals surface area contributed by atoms with Crippen molar-refractivity contribution in [3.63, 3.8) is 0 Å². The van der Waals surface area contributed by atoms with Crippen LogP contribution in [0.15, 0.2) is 72.8 Å². The predicted molar refractivity (Wildman–Crippen MR) is 280 cm³/mol. The Bertz CT molecular complexity index is 2110. The molecule has 1 aliphatic carbocycles. The Kier molecular flexibility index (Phi) is 27.1.